The van der Waals surface area contributed by atoms with Crippen molar-refractivity contribution < 1.29 is 15.0 Å². The predicted molar refractivity (Wildman–Crippen MR) is 83.5 cm³/mol. The fraction of sp³-hybridized carbons (Fsp3) is 0.588. The maximum atomic E-state index is 11.7. The number of carbonyl (C=O) groups is 1. The minimum atomic E-state index is -0.799. The number of carboxylic acids is 1. The number of aliphatic hydroxyl groups is 1. The molecule has 0 bridgehead atoms. The summed E-state index contributed by atoms with van der Waals surface area (Å²) in [6, 6.07) is 6.65. The van der Waals surface area contributed by atoms with Crippen LogP contribution in [0.2, 0.25) is 0 Å². The van der Waals surface area contributed by atoms with Crippen molar-refractivity contribution in [2.75, 3.05) is 32.7 Å². The Bertz CT molecular complexity index is 505. The van der Waals surface area contributed by atoms with Crippen LogP contribution in [-0.4, -0.2) is 58.7 Å². The van der Waals surface area contributed by atoms with Crippen LogP contribution >= 0.6 is 0 Å². The van der Waals surface area contributed by atoms with Crippen molar-refractivity contribution >= 4 is 5.97 Å². The molecule has 1 aliphatic carbocycles. The molecule has 5 heteroatoms. The molecule has 0 radical (unpaired) electrons. The Morgan fingerprint density at radius 1 is 1.14 bits per heavy atom. The third-order valence-electron chi connectivity index (χ3n) is 4.70. The molecule has 1 atom stereocenters. The highest BCUT2D eigenvalue weighted by Gasteiger charge is 2.32. The first-order valence-corrected chi connectivity index (χ1v) is 8.06. The second-order valence-electron chi connectivity index (χ2n) is 6.42. The molecule has 2 fully saturated rings. The lowest BCUT2D eigenvalue weighted by Gasteiger charge is -2.38. The van der Waals surface area contributed by atoms with Crippen LogP contribution in [0.5, 0.6) is 0 Å². The van der Waals surface area contributed by atoms with Gasteiger partial charge in [0.15, 0.2) is 0 Å². The Hall–Kier alpha value is -1.43. The number of nitrogens with zero attached hydrogens (tertiary/aromatic N) is 2. The summed E-state index contributed by atoms with van der Waals surface area (Å²) in [5.74, 6) is 0.0836. The fourth-order valence-electron chi connectivity index (χ4n) is 3.18. The van der Waals surface area contributed by atoms with Crippen LogP contribution < -0.4 is 0 Å². The number of aliphatic carboxylic acids is 1. The van der Waals surface area contributed by atoms with Crippen molar-refractivity contribution in [3.05, 3.63) is 35.4 Å². The number of benzene rings is 1. The minimum absolute atomic E-state index is 0.0160. The molecular weight excluding hydrogens is 280 g/mol. The van der Waals surface area contributed by atoms with E-state index in [0.717, 1.165) is 43.2 Å². The van der Waals surface area contributed by atoms with Crippen LogP contribution in [-0.2, 0) is 11.4 Å². The number of hydrogen-bond donors (Lipinski definition) is 2. The Morgan fingerprint density at radius 3 is 2.27 bits per heavy atom. The first-order valence-electron chi connectivity index (χ1n) is 8.06. The highest BCUT2D eigenvalue weighted by Crippen LogP contribution is 2.30. The van der Waals surface area contributed by atoms with Gasteiger partial charge in [0.2, 0.25) is 0 Å². The van der Waals surface area contributed by atoms with Gasteiger partial charge in [0.25, 0.3) is 0 Å². The molecule has 1 saturated heterocycles. The van der Waals surface area contributed by atoms with E-state index in [9.17, 15) is 9.90 Å². The number of aliphatic hydroxyl groups excluding tert-OH is 1. The molecule has 1 aromatic carbocycles. The normalized spacial score (nSPS) is 21.7. The Kier molecular flexibility index (Phi) is 4.76. The van der Waals surface area contributed by atoms with Crippen LogP contribution in [0.1, 0.15) is 30.0 Å². The molecule has 0 aromatic heterocycles. The maximum Gasteiger partial charge on any atom is 0.325 e. The average molecular weight is 304 g/mol. The molecule has 1 heterocycles. The zero-order chi connectivity index (χ0) is 15.5. The van der Waals surface area contributed by atoms with Gasteiger partial charge in [-0.3, -0.25) is 9.69 Å². The monoisotopic (exact) mass is 304 g/mol. The van der Waals surface area contributed by atoms with E-state index in [0.29, 0.717) is 0 Å². The molecule has 2 aliphatic rings. The van der Waals surface area contributed by atoms with Gasteiger partial charge in [-0.15, -0.1) is 0 Å². The molecule has 22 heavy (non-hydrogen) atoms. The van der Waals surface area contributed by atoms with Crippen LogP contribution in [0.15, 0.2) is 24.3 Å². The lowest BCUT2D eigenvalue weighted by molar-refractivity contribution is -0.144. The summed E-state index contributed by atoms with van der Waals surface area (Å²) in [7, 11) is 0. The van der Waals surface area contributed by atoms with Gasteiger partial charge < -0.3 is 15.1 Å². The van der Waals surface area contributed by atoms with Gasteiger partial charge in [0.1, 0.15) is 6.04 Å². The van der Waals surface area contributed by atoms with Gasteiger partial charge in [0, 0.05) is 32.7 Å². The van der Waals surface area contributed by atoms with Crippen molar-refractivity contribution in [2.45, 2.75) is 25.5 Å². The average Bonchev–Trinajstić information content (AvgIpc) is 3.34. The zero-order valence-corrected chi connectivity index (χ0v) is 12.8. The van der Waals surface area contributed by atoms with Gasteiger partial charge in [0.05, 0.1) is 6.61 Å². The van der Waals surface area contributed by atoms with Crippen LogP contribution in [0.3, 0.4) is 0 Å². The molecule has 1 saturated carbocycles. The number of rotatable bonds is 6. The summed E-state index contributed by atoms with van der Waals surface area (Å²) in [4.78, 5) is 16.2. The lowest BCUT2D eigenvalue weighted by atomic mass is 10.0. The molecule has 1 aliphatic heterocycles. The van der Waals surface area contributed by atoms with E-state index in [2.05, 4.69) is 9.80 Å². The summed E-state index contributed by atoms with van der Waals surface area (Å²) in [6.45, 7) is 4.66. The lowest BCUT2D eigenvalue weighted by Crippen LogP contribution is -2.49. The topological polar surface area (TPSA) is 64.0 Å². The molecule has 0 spiro atoms. The van der Waals surface area contributed by atoms with E-state index < -0.39 is 12.0 Å². The predicted octanol–water partition coefficient (Wildman–Crippen LogP) is 1.33. The third kappa shape index (κ3) is 3.66. The van der Waals surface area contributed by atoms with Gasteiger partial charge in [-0.05, 0) is 29.9 Å². The molecule has 5 nitrogen and oxygen atoms in total. The maximum absolute atomic E-state index is 11.7. The van der Waals surface area contributed by atoms with Gasteiger partial charge in [-0.1, -0.05) is 24.3 Å². The van der Waals surface area contributed by atoms with E-state index >= 15 is 0 Å². The molecule has 0 amide bonds. The Balaban J connectivity index is 1.64. The SMILES string of the molecule is O=C(O)[C@H](c1ccc(CO)cc1)N1CCN(CC2CC2)CC1. The van der Waals surface area contributed by atoms with Crippen molar-refractivity contribution in [2.24, 2.45) is 5.92 Å². The third-order valence-corrected chi connectivity index (χ3v) is 4.70. The van der Waals surface area contributed by atoms with E-state index in [-0.39, 0.29) is 6.61 Å². The second kappa shape index (κ2) is 6.77. The molecule has 0 unspecified atom stereocenters. The first kappa shape index (κ1) is 15.5. The largest absolute Gasteiger partial charge is 0.480 e. The van der Waals surface area contributed by atoms with Crippen molar-refractivity contribution in [1.29, 1.82) is 0 Å². The van der Waals surface area contributed by atoms with Crippen molar-refractivity contribution in [3.63, 3.8) is 0 Å². The summed E-state index contributed by atoms with van der Waals surface area (Å²) in [6.07, 6.45) is 2.71. The summed E-state index contributed by atoms with van der Waals surface area (Å²) >= 11 is 0. The smallest absolute Gasteiger partial charge is 0.325 e. The standard InChI is InChI=1S/C17H24N2O3/c20-12-14-3-5-15(6-4-14)16(17(21)22)19-9-7-18(8-10-19)11-13-1-2-13/h3-6,13,16,20H,1-2,7-12H2,(H,21,22)/t16-/m0/s1. The highest BCUT2D eigenvalue weighted by atomic mass is 16.4. The van der Waals surface area contributed by atoms with Gasteiger partial charge in [-0.2, -0.15) is 0 Å². The molecule has 1 aromatic rings. The molecular formula is C17H24N2O3. The zero-order valence-electron chi connectivity index (χ0n) is 12.8. The molecule has 3 rings (SSSR count). The van der Waals surface area contributed by atoms with Gasteiger partial charge >= 0.3 is 5.97 Å². The number of hydrogen-bond acceptors (Lipinski definition) is 4. The second-order valence-corrected chi connectivity index (χ2v) is 6.42. The van der Waals surface area contributed by atoms with E-state index in [4.69, 9.17) is 5.11 Å². The van der Waals surface area contributed by atoms with Crippen LogP contribution in [0.4, 0.5) is 0 Å². The Morgan fingerprint density at radius 2 is 1.77 bits per heavy atom. The number of piperazine rings is 1. The first-order chi connectivity index (χ1) is 10.7. The number of carboxylic acid groups (broad SMARTS) is 1. The van der Waals surface area contributed by atoms with E-state index in [1.165, 1.54) is 19.4 Å². The van der Waals surface area contributed by atoms with E-state index in [1.54, 1.807) is 12.1 Å². The van der Waals surface area contributed by atoms with Crippen LogP contribution in [0.25, 0.3) is 0 Å². The summed E-state index contributed by atoms with van der Waals surface area (Å²) < 4.78 is 0. The quantitative estimate of drug-likeness (QED) is 0.830. The highest BCUT2D eigenvalue weighted by molar-refractivity contribution is 5.75. The summed E-state index contributed by atoms with van der Waals surface area (Å²) in [5, 5.41) is 18.7. The Labute approximate surface area is 131 Å². The molecule has 120 valence electrons. The van der Waals surface area contributed by atoms with E-state index in [1.807, 2.05) is 12.1 Å². The minimum Gasteiger partial charge on any atom is -0.480 e. The van der Waals surface area contributed by atoms with Gasteiger partial charge in [-0.25, -0.2) is 0 Å². The fourth-order valence-corrected chi connectivity index (χ4v) is 3.18. The molecule has 2 N–H and O–H groups in total. The van der Waals surface area contributed by atoms with Crippen LogP contribution in [0, 0.1) is 5.92 Å². The van der Waals surface area contributed by atoms with Crippen molar-refractivity contribution in [1.82, 2.24) is 9.80 Å². The summed E-state index contributed by atoms with van der Waals surface area (Å²) in [5.41, 5.74) is 1.60. The van der Waals surface area contributed by atoms with Crippen molar-refractivity contribution in [3.8, 4) is 0 Å².